The highest BCUT2D eigenvalue weighted by molar-refractivity contribution is 7.99. The number of nitrogens with zero attached hydrogens (tertiary/aromatic N) is 1. The zero-order valence-electron chi connectivity index (χ0n) is 16.2. The van der Waals surface area contributed by atoms with Crippen LogP contribution in [0.4, 0.5) is 0 Å². The summed E-state index contributed by atoms with van der Waals surface area (Å²) in [7, 11) is 1.67. The van der Waals surface area contributed by atoms with Gasteiger partial charge < -0.3 is 19.4 Å². The first-order valence-electron chi connectivity index (χ1n) is 9.48. The number of methoxy groups -OCH3 is 1. The van der Waals surface area contributed by atoms with Crippen LogP contribution in [-0.2, 0) is 4.79 Å². The number of hydrogen-bond donors (Lipinski definition) is 1. The van der Waals surface area contributed by atoms with Gasteiger partial charge in [-0.05, 0) is 43.0 Å². The average molecular weight is 403 g/mol. The van der Waals surface area contributed by atoms with Gasteiger partial charge in [-0.3, -0.25) is 9.59 Å². The lowest BCUT2D eigenvalue weighted by atomic mass is 10.1. The SMILES string of the molecule is COc1ccccc1SCC(C)CNC(=O)C1CCCN1C(=O)c1ccco1. The number of nitrogens with one attached hydrogen (secondary N) is 1. The van der Waals surface area contributed by atoms with Crippen molar-refractivity contribution in [2.24, 2.45) is 5.92 Å². The van der Waals surface area contributed by atoms with Crippen LogP contribution in [0.3, 0.4) is 0 Å². The maximum Gasteiger partial charge on any atom is 0.290 e. The molecule has 1 fully saturated rings. The van der Waals surface area contributed by atoms with Crippen LogP contribution in [0.2, 0.25) is 0 Å². The minimum atomic E-state index is -0.424. The molecule has 1 N–H and O–H groups in total. The van der Waals surface area contributed by atoms with Crippen molar-refractivity contribution in [3.8, 4) is 5.75 Å². The van der Waals surface area contributed by atoms with Crippen LogP contribution in [0.15, 0.2) is 52.0 Å². The van der Waals surface area contributed by atoms with Gasteiger partial charge in [0.25, 0.3) is 5.91 Å². The molecule has 2 unspecified atom stereocenters. The Balaban J connectivity index is 1.48. The van der Waals surface area contributed by atoms with Gasteiger partial charge in [0.1, 0.15) is 11.8 Å². The van der Waals surface area contributed by atoms with E-state index in [1.807, 2.05) is 24.3 Å². The molecule has 0 saturated carbocycles. The molecule has 1 aliphatic rings. The largest absolute Gasteiger partial charge is 0.496 e. The molecule has 2 atom stereocenters. The maximum atomic E-state index is 12.6. The second kappa shape index (κ2) is 9.68. The van der Waals surface area contributed by atoms with Gasteiger partial charge in [0.2, 0.25) is 5.91 Å². The second-order valence-corrected chi connectivity index (χ2v) is 8.01. The number of ether oxygens (including phenoxy) is 1. The van der Waals surface area contributed by atoms with Crippen LogP contribution in [0.5, 0.6) is 5.75 Å². The number of thioether (sulfide) groups is 1. The summed E-state index contributed by atoms with van der Waals surface area (Å²) in [4.78, 5) is 27.9. The van der Waals surface area contributed by atoms with E-state index in [2.05, 4.69) is 12.2 Å². The van der Waals surface area contributed by atoms with Crippen LogP contribution in [-0.4, -0.2) is 48.7 Å². The van der Waals surface area contributed by atoms with E-state index in [4.69, 9.17) is 9.15 Å². The first kappa shape index (κ1) is 20.3. The van der Waals surface area contributed by atoms with Crippen LogP contribution >= 0.6 is 11.8 Å². The Morgan fingerprint density at radius 3 is 2.89 bits per heavy atom. The number of amides is 2. The fourth-order valence-corrected chi connectivity index (χ4v) is 4.30. The first-order chi connectivity index (χ1) is 13.6. The number of para-hydroxylation sites is 1. The molecule has 2 aromatic rings. The molecule has 0 aliphatic carbocycles. The molecule has 0 radical (unpaired) electrons. The molecule has 7 heteroatoms. The minimum absolute atomic E-state index is 0.0912. The molecule has 1 aromatic carbocycles. The van der Waals surface area contributed by atoms with Crippen molar-refractivity contribution in [1.29, 1.82) is 0 Å². The van der Waals surface area contributed by atoms with Crippen LogP contribution in [0.25, 0.3) is 0 Å². The summed E-state index contributed by atoms with van der Waals surface area (Å²) >= 11 is 1.71. The van der Waals surface area contributed by atoms with Gasteiger partial charge in [-0.15, -0.1) is 11.8 Å². The highest BCUT2D eigenvalue weighted by Gasteiger charge is 2.35. The predicted molar refractivity (Wildman–Crippen MR) is 109 cm³/mol. The number of rotatable bonds is 8. The standard InChI is InChI=1S/C21H26N2O4S/c1-15(14-28-19-10-4-3-8-17(19)26-2)13-22-20(24)16-7-5-11-23(16)21(25)18-9-6-12-27-18/h3-4,6,8-10,12,15-16H,5,7,11,13-14H2,1-2H3,(H,22,24). The van der Waals surface area contributed by atoms with E-state index in [0.717, 1.165) is 22.8 Å². The molecular weight excluding hydrogens is 376 g/mol. The number of hydrogen-bond acceptors (Lipinski definition) is 5. The number of carbonyl (C=O) groups is 2. The lowest BCUT2D eigenvalue weighted by Gasteiger charge is -2.23. The summed E-state index contributed by atoms with van der Waals surface area (Å²) < 4.78 is 10.6. The van der Waals surface area contributed by atoms with Crippen molar-refractivity contribution in [1.82, 2.24) is 10.2 Å². The fraction of sp³-hybridized carbons (Fsp3) is 0.429. The van der Waals surface area contributed by atoms with Gasteiger partial charge in [0.15, 0.2) is 5.76 Å². The van der Waals surface area contributed by atoms with E-state index in [-0.39, 0.29) is 23.5 Å². The third-order valence-electron chi connectivity index (χ3n) is 4.77. The maximum absolute atomic E-state index is 12.6. The number of benzene rings is 1. The van der Waals surface area contributed by atoms with Gasteiger partial charge in [-0.2, -0.15) is 0 Å². The van der Waals surface area contributed by atoms with E-state index in [1.165, 1.54) is 6.26 Å². The van der Waals surface area contributed by atoms with Gasteiger partial charge in [0.05, 0.1) is 13.4 Å². The highest BCUT2D eigenvalue weighted by Crippen LogP contribution is 2.30. The van der Waals surface area contributed by atoms with E-state index >= 15 is 0 Å². The third-order valence-corrected chi connectivity index (χ3v) is 6.15. The highest BCUT2D eigenvalue weighted by atomic mass is 32.2. The topological polar surface area (TPSA) is 71.8 Å². The van der Waals surface area contributed by atoms with Gasteiger partial charge in [-0.1, -0.05) is 19.1 Å². The van der Waals surface area contributed by atoms with Gasteiger partial charge in [0, 0.05) is 23.7 Å². The fourth-order valence-electron chi connectivity index (χ4n) is 3.25. The van der Waals surface area contributed by atoms with Gasteiger partial charge in [-0.25, -0.2) is 0 Å². The molecular formula is C21H26N2O4S. The van der Waals surface area contributed by atoms with Gasteiger partial charge >= 0.3 is 0 Å². The Labute approximate surface area is 169 Å². The monoisotopic (exact) mass is 402 g/mol. The van der Waals surface area contributed by atoms with Crippen molar-refractivity contribution in [2.75, 3.05) is 26.0 Å². The van der Waals surface area contributed by atoms with Crippen molar-refractivity contribution in [3.05, 3.63) is 48.4 Å². The molecule has 1 aliphatic heterocycles. The molecule has 28 heavy (non-hydrogen) atoms. The predicted octanol–water partition coefficient (Wildman–Crippen LogP) is 3.44. The minimum Gasteiger partial charge on any atom is -0.496 e. The Morgan fingerprint density at radius 2 is 2.14 bits per heavy atom. The van der Waals surface area contributed by atoms with Crippen LogP contribution < -0.4 is 10.1 Å². The smallest absolute Gasteiger partial charge is 0.290 e. The quantitative estimate of drug-likeness (QED) is 0.685. The third kappa shape index (κ3) is 4.90. The molecule has 1 aromatic heterocycles. The molecule has 3 rings (SSSR count). The number of furan rings is 1. The summed E-state index contributed by atoms with van der Waals surface area (Å²) in [6.45, 7) is 3.25. The summed E-state index contributed by atoms with van der Waals surface area (Å²) in [5.74, 6) is 1.98. The molecule has 2 amide bonds. The van der Waals surface area contributed by atoms with Crippen LogP contribution in [0, 0.1) is 5.92 Å². The van der Waals surface area contributed by atoms with Crippen molar-refractivity contribution in [2.45, 2.75) is 30.7 Å². The van der Waals surface area contributed by atoms with E-state index in [1.54, 1.807) is 35.9 Å². The average Bonchev–Trinajstić information content (AvgIpc) is 3.42. The van der Waals surface area contributed by atoms with Crippen molar-refractivity contribution < 1.29 is 18.7 Å². The molecule has 0 spiro atoms. The lowest BCUT2D eigenvalue weighted by molar-refractivity contribution is -0.125. The molecule has 150 valence electrons. The summed E-state index contributed by atoms with van der Waals surface area (Å²) in [6.07, 6.45) is 2.98. The first-order valence-corrected chi connectivity index (χ1v) is 10.5. The van der Waals surface area contributed by atoms with Crippen LogP contribution in [0.1, 0.15) is 30.3 Å². The molecule has 0 bridgehead atoms. The Hall–Kier alpha value is -2.41. The summed E-state index contributed by atoms with van der Waals surface area (Å²) in [5.41, 5.74) is 0. The Bertz CT molecular complexity index is 793. The van der Waals surface area contributed by atoms with E-state index < -0.39 is 6.04 Å². The number of carbonyl (C=O) groups excluding carboxylic acids is 2. The van der Waals surface area contributed by atoms with Crippen molar-refractivity contribution in [3.63, 3.8) is 0 Å². The molecule has 2 heterocycles. The lowest BCUT2D eigenvalue weighted by Crippen LogP contribution is -2.46. The summed E-state index contributed by atoms with van der Waals surface area (Å²) in [6, 6.07) is 10.8. The molecule has 1 saturated heterocycles. The normalized spacial score (nSPS) is 17.4. The number of likely N-dealkylation sites (tertiary alicyclic amines) is 1. The molecule has 6 nitrogen and oxygen atoms in total. The zero-order valence-corrected chi connectivity index (χ0v) is 17.0. The second-order valence-electron chi connectivity index (χ2n) is 6.95. The zero-order chi connectivity index (χ0) is 19.9. The van der Waals surface area contributed by atoms with E-state index in [9.17, 15) is 9.59 Å². The van der Waals surface area contributed by atoms with E-state index in [0.29, 0.717) is 19.5 Å². The summed E-state index contributed by atoms with van der Waals surface area (Å²) in [5, 5.41) is 3.01. The Kier molecular flexibility index (Phi) is 7.03. The van der Waals surface area contributed by atoms with Crippen molar-refractivity contribution >= 4 is 23.6 Å². The Morgan fingerprint density at radius 1 is 1.32 bits per heavy atom.